The van der Waals surface area contributed by atoms with Crippen LogP contribution in [-0.4, -0.2) is 49.8 Å². The number of likely N-dealkylation sites (tertiary alicyclic amines) is 1. The Balaban J connectivity index is 1.44. The van der Waals surface area contributed by atoms with Gasteiger partial charge in [-0.2, -0.15) is 0 Å². The van der Waals surface area contributed by atoms with Crippen LogP contribution >= 0.6 is 11.8 Å². The summed E-state index contributed by atoms with van der Waals surface area (Å²) in [5.41, 5.74) is 2.54. The van der Waals surface area contributed by atoms with E-state index in [2.05, 4.69) is 20.2 Å². The van der Waals surface area contributed by atoms with E-state index in [4.69, 9.17) is 0 Å². The molecule has 0 spiro atoms. The monoisotopic (exact) mass is 327 g/mol. The number of rotatable bonds is 4. The normalized spacial score (nSPS) is 14.9. The van der Waals surface area contributed by atoms with E-state index in [-0.39, 0.29) is 5.91 Å². The quantitative estimate of drug-likeness (QED) is 0.746. The molecular formula is C16H17N5OS. The van der Waals surface area contributed by atoms with Crippen LogP contribution in [0, 0.1) is 0 Å². The zero-order chi connectivity index (χ0) is 15.6. The first-order chi connectivity index (χ1) is 11.3. The number of amides is 1. The number of carbonyl (C=O) groups is 1. The Hall–Kier alpha value is -2.15. The van der Waals surface area contributed by atoms with Crippen molar-refractivity contribution in [3.05, 3.63) is 24.3 Å². The van der Waals surface area contributed by atoms with Crippen LogP contribution in [-0.2, 0) is 4.79 Å². The van der Waals surface area contributed by atoms with Crippen molar-refractivity contribution in [2.75, 3.05) is 18.8 Å². The van der Waals surface area contributed by atoms with E-state index in [1.165, 1.54) is 11.8 Å². The lowest BCUT2D eigenvalue weighted by Crippen LogP contribution is -2.27. The second-order valence-electron chi connectivity index (χ2n) is 5.65. The Morgan fingerprint density at radius 3 is 2.91 bits per heavy atom. The number of H-pyrrole nitrogens is 1. The minimum absolute atomic E-state index is 0.231. The first-order valence-corrected chi connectivity index (χ1v) is 8.81. The van der Waals surface area contributed by atoms with Crippen LogP contribution in [0.3, 0.4) is 0 Å². The maximum Gasteiger partial charge on any atom is 0.223 e. The second kappa shape index (κ2) is 6.16. The van der Waals surface area contributed by atoms with Gasteiger partial charge in [0.1, 0.15) is 5.52 Å². The van der Waals surface area contributed by atoms with Crippen molar-refractivity contribution < 1.29 is 4.79 Å². The number of hydrogen-bond donors (Lipinski definition) is 1. The summed E-state index contributed by atoms with van der Waals surface area (Å²) in [6.45, 7) is 1.81. The smallest absolute Gasteiger partial charge is 0.223 e. The van der Waals surface area contributed by atoms with E-state index >= 15 is 0 Å². The minimum atomic E-state index is 0.231. The lowest BCUT2D eigenvalue weighted by molar-refractivity contribution is -0.129. The van der Waals surface area contributed by atoms with Crippen LogP contribution in [0.25, 0.3) is 22.1 Å². The molecule has 3 aromatic rings. The highest BCUT2D eigenvalue weighted by molar-refractivity contribution is 7.99. The van der Waals surface area contributed by atoms with Crippen LogP contribution in [0.4, 0.5) is 0 Å². The highest BCUT2D eigenvalue weighted by Crippen LogP contribution is 2.23. The SMILES string of the molecule is O=C(CCSc1nnc2c(n1)[nH]c1ccccc12)N1CCCC1. The van der Waals surface area contributed by atoms with E-state index in [0.29, 0.717) is 17.3 Å². The molecule has 1 N–H and O–H groups in total. The predicted molar refractivity (Wildman–Crippen MR) is 90.3 cm³/mol. The molecule has 1 aromatic carbocycles. The largest absolute Gasteiger partial charge is 0.343 e. The summed E-state index contributed by atoms with van der Waals surface area (Å²) in [6, 6.07) is 7.96. The van der Waals surface area contributed by atoms with Gasteiger partial charge in [-0.25, -0.2) is 4.98 Å². The highest BCUT2D eigenvalue weighted by Gasteiger charge is 2.17. The summed E-state index contributed by atoms with van der Waals surface area (Å²) in [5.74, 6) is 0.914. The van der Waals surface area contributed by atoms with E-state index in [9.17, 15) is 4.79 Å². The van der Waals surface area contributed by atoms with Crippen molar-refractivity contribution >= 4 is 39.7 Å². The van der Waals surface area contributed by atoms with Crippen molar-refractivity contribution in [1.29, 1.82) is 0 Å². The maximum absolute atomic E-state index is 12.0. The summed E-state index contributed by atoms with van der Waals surface area (Å²) < 4.78 is 0. The zero-order valence-electron chi connectivity index (χ0n) is 12.7. The predicted octanol–water partition coefficient (Wildman–Crippen LogP) is 2.61. The molecule has 3 heterocycles. The average Bonchev–Trinajstić information content (AvgIpc) is 3.22. The van der Waals surface area contributed by atoms with Gasteiger partial charge in [-0.15, -0.1) is 10.2 Å². The van der Waals surface area contributed by atoms with E-state index in [1.54, 1.807) is 0 Å². The Morgan fingerprint density at radius 2 is 2.04 bits per heavy atom. The fourth-order valence-electron chi connectivity index (χ4n) is 2.92. The molecule has 0 aliphatic carbocycles. The van der Waals surface area contributed by atoms with Crippen molar-refractivity contribution in [2.45, 2.75) is 24.4 Å². The van der Waals surface area contributed by atoms with Crippen molar-refractivity contribution in [3.8, 4) is 0 Å². The van der Waals surface area contributed by atoms with Gasteiger partial charge in [-0.05, 0) is 18.9 Å². The van der Waals surface area contributed by atoms with Gasteiger partial charge in [0.2, 0.25) is 11.1 Å². The first kappa shape index (κ1) is 14.4. The maximum atomic E-state index is 12.0. The number of carbonyl (C=O) groups excluding carboxylic acids is 1. The number of thioether (sulfide) groups is 1. The van der Waals surface area contributed by atoms with Crippen LogP contribution in [0.15, 0.2) is 29.4 Å². The molecule has 1 aliphatic heterocycles. The standard InChI is InChI=1S/C16H17N5OS/c22-13(21-8-3-4-9-21)7-10-23-16-18-15-14(19-20-16)11-5-1-2-6-12(11)17-15/h1-2,5-6H,3-4,7-10H2,(H,17,18,20). The van der Waals surface area contributed by atoms with Crippen LogP contribution in [0.1, 0.15) is 19.3 Å². The number of nitrogens with one attached hydrogen (secondary N) is 1. The molecule has 4 rings (SSSR count). The van der Waals surface area contributed by atoms with E-state index in [0.717, 1.165) is 48.0 Å². The summed E-state index contributed by atoms with van der Waals surface area (Å²) >= 11 is 1.48. The molecule has 1 aliphatic rings. The van der Waals surface area contributed by atoms with Gasteiger partial charge in [-0.1, -0.05) is 30.0 Å². The molecule has 1 fully saturated rings. The van der Waals surface area contributed by atoms with Gasteiger partial charge < -0.3 is 9.88 Å². The molecule has 7 heteroatoms. The minimum Gasteiger partial charge on any atom is -0.343 e. The molecule has 23 heavy (non-hydrogen) atoms. The summed E-state index contributed by atoms with van der Waals surface area (Å²) in [7, 11) is 0. The molecule has 0 bridgehead atoms. The van der Waals surface area contributed by atoms with Gasteiger partial charge >= 0.3 is 0 Å². The Morgan fingerprint density at radius 1 is 1.22 bits per heavy atom. The Bertz CT molecular complexity index is 856. The first-order valence-electron chi connectivity index (χ1n) is 7.83. The van der Waals surface area contributed by atoms with Crippen LogP contribution < -0.4 is 0 Å². The van der Waals surface area contributed by atoms with Gasteiger partial charge in [0.15, 0.2) is 5.65 Å². The second-order valence-corrected chi connectivity index (χ2v) is 6.71. The third kappa shape index (κ3) is 2.88. The van der Waals surface area contributed by atoms with Gasteiger partial charge in [0, 0.05) is 36.2 Å². The fraction of sp³-hybridized carbons (Fsp3) is 0.375. The lowest BCUT2D eigenvalue weighted by Gasteiger charge is -2.14. The zero-order valence-corrected chi connectivity index (χ0v) is 13.5. The number of para-hydroxylation sites is 1. The molecule has 0 radical (unpaired) electrons. The molecule has 1 amide bonds. The molecule has 118 valence electrons. The topological polar surface area (TPSA) is 74.8 Å². The van der Waals surface area contributed by atoms with Gasteiger partial charge in [-0.3, -0.25) is 4.79 Å². The van der Waals surface area contributed by atoms with Crippen molar-refractivity contribution in [2.24, 2.45) is 0 Å². The van der Waals surface area contributed by atoms with Crippen molar-refractivity contribution in [3.63, 3.8) is 0 Å². The number of aromatic amines is 1. The molecule has 0 unspecified atom stereocenters. The molecular weight excluding hydrogens is 310 g/mol. The van der Waals surface area contributed by atoms with Gasteiger partial charge in [0.05, 0.1) is 0 Å². The summed E-state index contributed by atoms with van der Waals surface area (Å²) in [6.07, 6.45) is 2.78. The number of nitrogens with zero attached hydrogens (tertiary/aromatic N) is 4. The lowest BCUT2D eigenvalue weighted by atomic mass is 10.2. The average molecular weight is 327 g/mol. The Kier molecular flexibility index (Phi) is 3.87. The van der Waals surface area contributed by atoms with Crippen molar-refractivity contribution in [1.82, 2.24) is 25.1 Å². The summed E-state index contributed by atoms with van der Waals surface area (Å²) in [4.78, 5) is 21.7. The number of aromatic nitrogens is 4. The number of fused-ring (bicyclic) bond motifs is 3. The molecule has 0 saturated carbocycles. The third-order valence-corrected chi connectivity index (χ3v) is 4.95. The number of benzene rings is 1. The fourth-order valence-corrected chi connectivity index (χ4v) is 3.63. The van der Waals surface area contributed by atoms with Crippen LogP contribution in [0.2, 0.25) is 0 Å². The van der Waals surface area contributed by atoms with E-state index < -0.39 is 0 Å². The Labute approximate surface area is 137 Å². The highest BCUT2D eigenvalue weighted by atomic mass is 32.2. The summed E-state index contributed by atoms with van der Waals surface area (Å²) in [5, 5.41) is 10.1. The molecule has 2 aromatic heterocycles. The van der Waals surface area contributed by atoms with E-state index in [1.807, 2.05) is 29.2 Å². The molecule has 0 atom stereocenters. The van der Waals surface area contributed by atoms with Crippen LogP contribution in [0.5, 0.6) is 0 Å². The molecule has 1 saturated heterocycles. The number of hydrogen-bond acceptors (Lipinski definition) is 5. The van der Waals surface area contributed by atoms with Gasteiger partial charge in [0.25, 0.3) is 0 Å². The third-order valence-electron chi connectivity index (χ3n) is 4.11. The molecule has 6 nitrogen and oxygen atoms in total.